The summed E-state index contributed by atoms with van der Waals surface area (Å²) in [5.74, 6) is 1.60. The van der Waals surface area contributed by atoms with Crippen LogP contribution in [0.2, 0.25) is 0 Å². The minimum absolute atomic E-state index is 0.0167. The molecule has 168 valence electrons. The Morgan fingerprint density at radius 3 is 2.57 bits per heavy atom. The molecule has 4 rings (SSSR count). The third kappa shape index (κ3) is 3.32. The molecule has 2 N–H and O–H groups in total. The number of likely N-dealkylation sites (N-methyl/N-ethyl adjacent to an activating group) is 1. The Balaban J connectivity index is 1.51. The summed E-state index contributed by atoms with van der Waals surface area (Å²) in [6.07, 6.45) is 11.2. The molecular weight excluding hydrogens is 376 g/mol. The van der Waals surface area contributed by atoms with Gasteiger partial charge in [-0.05, 0) is 92.8 Å². The molecule has 2 amide bonds. The second kappa shape index (κ2) is 7.65. The summed E-state index contributed by atoms with van der Waals surface area (Å²) < 4.78 is 0. The summed E-state index contributed by atoms with van der Waals surface area (Å²) in [7, 11) is 3.24. The van der Waals surface area contributed by atoms with E-state index in [1.807, 2.05) is 0 Å². The third-order valence-corrected chi connectivity index (χ3v) is 9.71. The van der Waals surface area contributed by atoms with Gasteiger partial charge in [0.2, 0.25) is 0 Å². The monoisotopic (exact) mass is 416 g/mol. The van der Waals surface area contributed by atoms with E-state index < -0.39 is 11.8 Å². The standard InChI is InChI=1S/C25H40N2O3/c1-15(26-22(29)23(30)27(4)5)19-8-9-20-18-7-6-16-14-17(28)10-12-24(16,2)21(18)11-13-25(19,20)3/h6,15,17-21,28H,7-14H2,1-5H3,(H,26,29)/t15-,17-,18-,19+,20-,21-,24-,25+/m0/s1. The van der Waals surface area contributed by atoms with E-state index in [2.05, 4.69) is 32.2 Å². The minimum atomic E-state index is -0.480. The van der Waals surface area contributed by atoms with Crippen LogP contribution in [0.5, 0.6) is 0 Å². The number of allylic oxidation sites excluding steroid dienone is 1. The van der Waals surface area contributed by atoms with Gasteiger partial charge in [0, 0.05) is 20.1 Å². The highest BCUT2D eigenvalue weighted by molar-refractivity contribution is 6.34. The Morgan fingerprint density at radius 2 is 1.87 bits per heavy atom. The molecule has 4 aliphatic carbocycles. The lowest BCUT2D eigenvalue weighted by Gasteiger charge is -2.58. The van der Waals surface area contributed by atoms with Gasteiger partial charge in [-0.1, -0.05) is 25.5 Å². The zero-order valence-corrected chi connectivity index (χ0v) is 19.4. The molecule has 3 fully saturated rings. The Bertz CT molecular complexity index is 747. The van der Waals surface area contributed by atoms with Crippen LogP contribution >= 0.6 is 0 Å². The van der Waals surface area contributed by atoms with Crippen LogP contribution in [0, 0.1) is 34.5 Å². The maximum atomic E-state index is 12.3. The van der Waals surface area contributed by atoms with Crippen LogP contribution in [0.25, 0.3) is 0 Å². The fourth-order valence-corrected chi connectivity index (χ4v) is 8.08. The normalized spacial score (nSPS) is 43.5. The van der Waals surface area contributed by atoms with Crippen molar-refractivity contribution in [1.29, 1.82) is 0 Å². The van der Waals surface area contributed by atoms with Crippen LogP contribution in [0.15, 0.2) is 11.6 Å². The summed E-state index contributed by atoms with van der Waals surface area (Å²) in [4.78, 5) is 25.7. The van der Waals surface area contributed by atoms with Gasteiger partial charge in [0.1, 0.15) is 0 Å². The number of aliphatic hydroxyl groups excluding tert-OH is 1. The molecule has 0 spiro atoms. The van der Waals surface area contributed by atoms with Crippen molar-refractivity contribution in [2.45, 2.75) is 84.3 Å². The fourth-order valence-electron chi connectivity index (χ4n) is 8.08. The maximum Gasteiger partial charge on any atom is 0.311 e. The number of carbonyl (C=O) groups is 2. The maximum absolute atomic E-state index is 12.3. The van der Waals surface area contributed by atoms with E-state index in [-0.39, 0.29) is 23.0 Å². The van der Waals surface area contributed by atoms with E-state index in [0.717, 1.165) is 38.0 Å². The topological polar surface area (TPSA) is 69.6 Å². The summed E-state index contributed by atoms with van der Waals surface area (Å²) >= 11 is 0. The second-order valence-electron chi connectivity index (χ2n) is 11.3. The van der Waals surface area contributed by atoms with E-state index in [1.54, 1.807) is 14.1 Å². The van der Waals surface area contributed by atoms with E-state index in [1.165, 1.54) is 29.7 Å². The lowest BCUT2D eigenvalue weighted by Crippen LogP contribution is -2.53. The molecule has 0 aliphatic heterocycles. The minimum Gasteiger partial charge on any atom is -0.393 e. The number of hydrogen-bond donors (Lipinski definition) is 2. The highest BCUT2D eigenvalue weighted by Gasteiger charge is 2.59. The number of nitrogens with one attached hydrogen (secondary N) is 1. The Kier molecular flexibility index (Phi) is 5.57. The molecule has 0 aromatic rings. The smallest absolute Gasteiger partial charge is 0.311 e. The molecule has 4 aliphatic rings. The largest absolute Gasteiger partial charge is 0.393 e. The Hall–Kier alpha value is -1.36. The van der Waals surface area contributed by atoms with E-state index in [4.69, 9.17) is 0 Å². The second-order valence-corrected chi connectivity index (χ2v) is 11.3. The molecule has 0 aromatic heterocycles. The lowest BCUT2D eigenvalue weighted by atomic mass is 9.47. The van der Waals surface area contributed by atoms with E-state index >= 15 is 0 Å². The van der Waals surface area contributed by atoms with Crippen LogP contribution in [-0.4, -0.2) is 48.1 Å². The van der Waals surface area contributed by atoms with Crippen molar-refractivity contribution in [3.05, 3.63) is 11.6 Å². The fraction of sp³-hybridized carbons (Fsp3) is 0.840. The molecule has 0 unspecified atom stereocenters. The molecule has 30 heavy (non-hydrogen) atoms. The number of hydrogen-bond acceptors (Lipinski definition) is 3. The summed E-state index contributed by atoms with van der Waals surface area (Å²) in [6, 6.07) is 0.0167. The van der Waals surface area contributed by atoms with Gasteiger partial charge in [0.25, 0.3) is 0 Å². The van der Waals surface area contributed by atoms with Gasteiger partial charge < -0.3 is 15.3 Å². The first-order valence-electron chi connectivity index (χ1n) is 12.0. The Morgan fingerprint density at radius 1 is 1.13 bits per heavy atom. The van der Waals surface area contributed by atoms with Crippen LogP contribution in [-0.2, 0) is 9.59 Å². The zero-order valence-electron chi connectivity index (χ0n) is 19.4. The van der Waals surface area contributed by atoms with Gasteiger partial charge in [-0.3, -0.25) is 9.59 Å². The molecule has 5 nitrogen and oxygen atoms in total. The van der Waals surface area contributed by atoms with Gasteiger partial charge >= 0.3 is 11.8 Å². The number of fused-ring (bicyclic) bond motifs is 5. The molecule has 0 saturated heterocycles. The molecule has 3 saturated carbocycles. The van der Waals surface area contributed by atoms with Crippen molar-refractivity contribution >= 4 is 11.8 Å². The highest BCUT2D eigenvalue weighted by atomic mass is 16.3. The van der Waals surface area contributed by atoms with Crippen LogP contribution in [0.3, 0.4) is 0 Å². The molecular formula is C25H40N2O3. The average molecular weight is 417 g/mol. The molecule has 0 radical (unpaired) electrons. The lowest BCUT2D eigenvalue weighted by molar-refractivity contribution is -0.145. The summed E-state index contributed by atoms with van der Waals surface area (Å²) in [6.45, 7) is 7.01. The average Bonchev–Trinajstić information content (AvgIpc) is 3.05. The number of carbonyl (C=O) groups excluding carboxylic acids is 2. The first kappa shape index (κ1) is 21.9. The number of aliphatic hydroxyl groups is 1. The quantitative estimate of drug-likeness (QED) is 0.535. The SMILES string of the molecule is C[C@H](NC(=O)C(=O)N(C)C)[C@H]1CC[C@H]2[C@@H]3CC=C4C[C@@H](O)CC[C@]4(C)[C@H]3CC[C@]12C. The molecule has 0 bridgehead atoms. The van der Waals surface area contributed by atoms with Crippen LogP contribution < -0.4 is 5.32 Å². The van der Waals surface area contributed by atoms with Gasteiger partial charge in [0.15, 0.2) is 0 Å². The van der Waals surface area contributed by atoms with Crippen LogP contribution in [0.4, 0.5) is 0 Å². The van der Waals surface area contributed by atoms with Crippen molar-refractivity contribution in [2.24, 2.45) is 34.5 Å². The predicted octanol–water partition coefficient (Wildman–Crippen LogP) is 3.52. The van der Waals surface area contributed by atoms with Crippen molar-refractivity contribution < 1.29 is 14.7 Å². The summed E-state index contributed by atoms with van der Waals surface area (Å²) in [5.41, 5.74) is 2.01. The Labute approximate surface area is 181 Å². The third-order valence-electron chi connectivity index (χ3n) is 9.71. The van der Waals surface area contributed by atoms with Crippen molar-refractivity contribution in [3.63, 3.8) is 0 Å². The zero-order chi connectivity index (χ0) is 21.8. The van der Waals surface area contributed by atoms with Gasteiger partial charge in [-0.25, -0.2) is 0 Å². The summed E-state index contributed by atoms with van der Waals surface area (Å²) in [5, 5.41) is 13.2. The van der Waals surface area contributed by atoms with Crippen LogP contribution in [0.1, 0.15) is 72.1 Å². The number of rotatable bonds is 2. The van der Waals surface area contributed by atoms with Crippen molar-refractivity contribution in [1.82, 2.24) is 10.2 Å². The number of nitrogens with zero attached hydrogens (tertiary/aromatic N) is 1. The highest BCUT2D eigenvalue weighted by Crippen LogP contribution is 2.66. The molecule has 5 heteroatoms. The van der Waals surface area contributed by atoms with Crippen molar-refractivity contribution in [3.8, 4) is 0 Å². The predicted molar refractivity (Wildman–Crippen MR) is 117 cm³/mol. The first-order chi connectivity index (χ1) is 14.1. The van der Waals surface area contributed by atoms with E-state index in [9.17, 15) is 14.7 Å². The van der Waals surface area contributed by atoms with Gasteiger partial charge in [0.05, 0.1) is 6.10 Å². The van der Waals surface area contributed by atoms with Gasteiger partial charge in [-0.2, -0.15) is 0 Å². The van der Waals surface area contributed by atoms with Gasteiger partial charge in [-0.15, -0.1) is 0 Å². The number of amides is 2. The first-order valence-corrected chi connectivity index (χ1v) is 12.0. The van der Waals surface area contributed by atoms with E-state index in [0.29, 0.717) is 17.8 Å². The molecule has 0 aromatic carbocycles. The molecule has 8 atom stereocenters. The van der Waals surface area contributed by atoms with Crippen molar-refractivity contribution in [2.75, 3.05) is 14.1 Å². The molecule has 0 heterocycles.